The van der Waals surface area contributed by atoms with E-state index in [1.807, 2.05) is 91.0 Å². The maximum absolute atomic E-state index is 15.7. The highest BCUT2D eigenvalue weighted by atomic mass is 19.4. The first-order chi connectivity index (χ1) is 30.9. The molecule has 1 N–H and O–H groups in total. The lowest BCUT2D eigenvalue weighted by atomic mass is 9.75. The normalized spacial score (nSPS) is 14.7. The molecule has 2 fully saturated rings. The molecule has 8 rings (SSSR count). The zero-order chi connectivity index (χ0) is 44.9. The summed E-state index contributed by atoms with van der Waals surface area (Å²) >= 11 is 0. The first kappa shape index (κ1) is 43.4. The average Bonchev–Trinajstić information content (AvgIpc) is 3.85. The predicted molar refractivity (Wildman–Crippen MR) is 226 cm³/mol. The Hall–Kier alpha value is -7.25. The van der Waals surface area contributed by atoms with Crippen LogP contribution in [0.1, 0.15) is 84.9 Å². The molecular weight excluding hydrogens is 829 g/mol. The molecule has 1 aliphatic carbocycles. The number of halogens is 4. The van der Waals surface area contributed by atoms with Crippen LogP contribution in [-0.2, 0) is 39.3 Å². The van der Waals surface area contributed by atoms with E-state index in [0.29, 0.717) is 41.6 Å². The fourth-order valence-electron chi connectivity index (χ4n) is 8.38. The number of nitrogens with zero attached hydrogens (tertiary/aromatic N) is 7. The zero-order valence-electron chi connectivity index (χ0n) is 34.5. The standard InChI is InChI=1S/C48H42F4N8O4/c49-40-27-33(22-23-34(40)31-59-45(63)60(44(62)46(59)24-14-25-46)38-28-39(48(50,51)52)41(29-53)54-30-38)42-32-58(57-55-42)26-13-2-1-12-21-43(61)56-64-47(35-15-6-3-7-16-35,36-17-8-4-9-18-36)37-19-10-5-11-20-37/h3-11,15-20,22-23,27-28,30,32H,1-2,12-14,21,24-26,31H2,(H,56,61). The molecule has 2 aliphatic rings. The van der Waals surface area contributed by atoms with Crippen molar-refractivity contribution in [3.05, 3.63) is 167 Å². The van der Waals surface area contributed by atoms with Crippen LogP contribution in [-0.4, -0.2) is 48.3 Å². The minimum absolute atomic E-state index is 0.0995. The van der Waals surface area contributed by atoms with Crippen molar-refractivity contribution in [3.8, 4) is 17.3 Å². The summed E-state index contributed by atoms with van der Waals surface area (Å²) in [7, 11) is 0. The number of hydrogen-bond donors (Lipinski definition) is 1. The number of unbranched alkanes of at least 4 members (excludes halogenated alkanes) is 3. The van der Waals surface area contributed by atoms with Crippen molar-refractivity contribution in [2.75, 3.05) is 4.90 Å². The van der Waals surface area contributed by atoms with Crippen molar-refractivity contribution in [2.45, 2.75) is 81.8 Å². The van der Waals surface area contributed by atoms with Crippen molar-refractivity contribution >= 4 is 23.5 Å². The third kappa shape index (κ3) is 8.46. The molecule has 0 unspecified atom stereocenters. The molecule has 326 valence electrons. The second-order valence-corrected chi connectivity index (χ2v) is 15.8. The minimum Gasteiger partial charge on any atom is -0.305 e. The number of alkyl halides is 3. The number of aryl methyl sites for hydroxylation is 1. The Morgan fingerprint density at radius 2 is 1.47 bits per heavy atom. The Morgan fingerprint density at radius 1 is 0.844 bits per heavy atom. The van der Waals surface area contributed by atoms with E-state index >= 15 is 4.39 Å². The van der Waals surface area contributed by atoms with E-state index in [0.717, 1.165) is 42.1 Å². The fourth-order valence-corrected chi connectivity index (χ4v) is 8.38. The van der Waals surface area contributed by atoms with Crippen LogP contribution in [0.25, 0.3) is 11.3 Å². The number of aromatic nitrogens is 4. The van der Waals surface area contributed by atoms with Crippen molar-refractivity contribution < 1.29 is 36.8 Å². The second-order valence-electron chi connectivity index (χ2n) is 15.8. The van der Waals surface area contributed by atoms with Gasteiger partial charge >= 0.3 is 12.2 Å². The van der Waals surface area contributed by atoms with Gasteiger partial charge in [-0.15, -0.1) is 5.10 Å². The molecule has 2 aromatic heterocycles. The van der Waals surface area contributed by atoms with Crippen LogP contribution >= 0.6 is 0 Å². The summed E-state index contributed by atoms with van der Waals surface area (Å²) in [5.41, 5.74) is 1.22. The number of imide groups is 1. The Labute approximate surface area is 366 Å². The van der Waals surface area contributed by atoms with E-state index in [1.54, 1.807) is 16.9 Å². The number of nitriles is 1. The van der Waals surface area contributed by atoms with Gasteiger partial charge in [0, 0.05) is 24.1 Å². The molecule has 0 atom stereocenters. The lowest BCUT2D eigenvalue weighted by Crippen LogP contribution is -2.54. The van der Waals surface area contributed by atoms with Crippen molar-refractivity contribution in [2.24, 2.45) is 0 Å². The van der Waals surface area contributed by atoms with E-state index in [4.69, 9.17) is 10.1 Å². The molecule has 1 spiro atoms. The quantitative estimate of drug-likeness (QED) is 0.0333. The Bertz CT molecular complexity index is 2590. The Morgan fingerprint density at radius 3 is 2.03 bits per heavy atom. The molecule has 64 heavy (non-hydrogen) atoms. The summed E-state index contributed by atoms with van der Waals surface area (Å²) in [5, 5.41) is 17.6. The van der Waals surface area contributed by atoms with Crippen LogP contribution in [0.4, 0.5) is 28.0 Å². The summed E-state index contributed by atoms with van der Waals surface area (Å²) in [5.74, 6) is -1.62. The van der Waals surface area contributed by atoms with Gasteiger partial charge in [0.25, 0.3) is 5.91 Å². The number of benzene rings is 4. The highest BCUT2D eigenvalue weighted by Gasteiger charge is 2.61. The highest BCUT2D eigenvalue weighted by Crippen LogP contribution is 2.47. The number of amides is 4. The molecule has 4 amide bonds. The molecule has 0 radical (unpaired) electrons. The monoisotopic (exact) mass is 870 g/mol. The van der Waals surface area contributed by atoms with Gasteiger partial charge in [-0.1, -0.05) is 121 Å². The van der Waals surface area contributed by atoms with E-state index < -0.39 is 52.0 Å². The van der Waals surface area contributed by atoms with Gasteiger partial charge in [0.1, 0.15) is 23.1 Å². The summed E-state index contributed by atoms with van der Waals surface area (Å²) < 4.78 is 58.5. The van der Waals surface area contributed by atoms with Gasteiger partial charge in [0.2, 0.25) is 5.91 Å². The van der Waals surface area contributed by atoms with Gasteiger partial charge in [-0.2, -0.15) is 18.4 Å². The first-order valence-electron chi connectivity index (χ1n) is 20.9. The van der Waals surface area contributed by atoms with Crippen LogP contribution in [0.5, 0.6) is 0 Å². The largest absolute Gasteiger partial charge is 0.419 e. The molecule has 6 aromatic rings. The number of anilines is 1. The van der Waals surface area contributed by atoms with E-state index in [2.05, 4.69) is 20.8 Å². The molecule has 1 saturated heterocycles. The van der Waals surface area contributed by atoms with E-state index in [1.165, 1.54) is 23.1 Å². The number of pyridine rings is 1. The number of hydrogen-bond acceptors (Lipinski definition) is 8. The number of rotatable bonds is 16. The minimum atomic E-state index is -4.95. The van der Waals surface area contributed by atoms with Crippen LogP contribution in [0.2, 0.25) is 0 Å². The molecule has 0 bridgehead atoms. The molecule has 3 heterocycles. The fraction of sp³-hybridized carbons (Fsp3) is 0.271. The number of carbonyl (C=O) groups excluding carboxylic acids is 3. The van der Waals surface area contributed by atoms with E-state index in [9.17, 15) is 27.6 Å². The molecule has 1 saturated carbocycles. The first-order valence-corrected chi connectivity index (χ1v) is 20.9. The molecule has 16 heteroatoms. The molecule has 1 aliphatic heterocycles. The summed E-state index contributed by atoms with van der Waals surface area (Å²) in [4.78, 5) is 52.3. The SMILES string of the molecule is N#Cc1ncc(N2C(=O)N(Cc3ccc(-c4cn(CCCCCCC(=O)NOC(c5ccccc5)(c5ccccc5)c5ccccc5)nn4)cc3F)C3(CCC3)C2=O)cc1C(F)(F)F. The average molecular weight is 871 g/mol. The van der Waals surface area contributed by atoms with Crippen LogP contribution < -0.4 is 10.4 Å². The number of nitrogens with one attached hydrogen (secondary N) is 1. The van der Waals surface area contributed by atoms with Gasteiger partial charge < -0.3 is 4.90 Å². The van der Waals surface area contributed by atoms with Gasteiger partial charge in [-0.3, -0.25) is 19.1 Å². The van der Waals surface area contributed by atoms with Crippen LogP contribution in [0, 0.1) is 17.1 Å². The second kappa shape index (κ2) is 18.2. The maximum Gasteiger partial charge on any atom is 0.419 e. The van der Waals surface area contributed by atoms with Crippen molar-refractivity contribution in [1.29, 1.82) is 5.26 Å². The third-order valence-corrected chi connectivity index (χ3v) is 11.9. The number of carbonyl (C=O) groups is 3. The Balaban J connectivity index is 0.841. The van der Waals surface area contributed by atoms with Crippen LogP contribution in [0.15, 0.2) is 128 Å². The molecule has 4 aromatic carbocycles. The van der Waals surface area contributed by atoms with Gasteiger partial charge in [0.05, 0.1) is 30.2 Å². The van der Waals surface area contributed by atoms with Gasteiger partial charge in [-0.25, -0.2) is 24.5 Å². The topological polar surface area (TPSA) is 146 Å². The summed E-state index contributed by atoms with van der Waals surface area (Å²) in [6.45, 7) is 0.236. The smallest absolute Gasteiger partial charge is 0.305 e. The van der Waals surface area contributed by atoms with Gasteiger partial charge in [-0.05, 0) is 60.9 Å². The Kier molecular flexibility index (Phi) is 12.4. The lowest BCUT2D eigenvalue weighted by Gasteiger charge is -2.42. The predicted octanol–water partition coefficient (Wildman–Crippen LogP) is 9.25. The van der Waals surface area contributed by atoms with Crippen molar-refractivity contribution in [3.63, 3.8) is 0 Å². The molecular formula is C48H42F4N8O4. The highest BCUT2D eigenvalue weighted by molar-refractivity contribution is 6.23. The van der Waals surface area contributed by atoms with Crippen molar-refractivity contribution in [1.82, 2.24) is 30.4 Å². The van der Waals surface area contributed by atoms with E-state index in [-0.39, 0.29) is 37.3 Å². The zero-order valence-corrected chi connectivity index (χ0v) is 34.5. The van der Waals surface area contributed by atoms with Crippen LogP contribution in [0.3, 0.4) is 0 Å². The van der Waals surface area contributed by atoms with Gasteiger partial charge in [0.15, 0.2) is 11.3 Å². The lowest BCUT2D eigenvalue weighted by molar-refractivity contribution is -0.143. The number of urea groups is 1. The maximum atomic E-state index is 15.7. The summed E-state index contributed by atoms with van der Waals surface area (Å²) in [6.07, 6.45) is 2.00. The number of hydroxylamine groups is 1. The third-order valence-electron chi connectivity index (χ3n) is 11.9. The summed E-state index contributed by atoms with van der Waals surface area (Å²) in [6, 6.07) is 34.7. The molecule has 12 nitrogen and oxygen atoms in total.